The number of carbonyl (C=O) groups is 1. The quantitative estimate of drug-likeness (QED) is 0.752. The van der Waals surface area contributed by atoms with Gasteiger partial charge in [0.2, 0.25) is 0 Å². The monoisotopic (exact) mass is 252 g/mol. The van der Waals surface area contributed by atoms with Crippen molar-refractivity contribution in [2.24, 2.45) is 11.3 Å². The molecule has 2 atom stereocenters. The second kappa shape index (κ2) is 4.72. The molecule has 102 valence electrons. The molecule has 0 N–H and O–H groups in total. The number of likely N-dealkylation sites (tertiary alicyclic amines) is 2. The Morgan fingerprint density at radius 2 is 2.06 bits per heavy atom. The summed E-state index contributed by atoms with van der Waals surface area (Å²) in [6.45, 7) is 4.61. The van der Waals surface area contributed by atoms with Crippen LogP contribution in [0.4, 0.5) is 4.79 Å². The molecule has 0 unspecified atom stereocenters. The number of carbonyl (C=O) groups excluding carboxylic acids is 1. The SMILES string of the molecule is COC[C@@]12CCC[C@@H]1CN(C(=O)N1CCCC1)C2. The van der Waals surface area contributed by atoms with Crippen molar-refractivity contribution in [2.45, 2.75) is 32.1 Å². The fourth-order valence-corrected chi connectivity index (χ4v) is 4.19. The number of amides is 2. The molecule has 0 radical (unpaired) electrons. The molecule has 4 nitrogen and oxygen atoms in total. The lowest BCUT2D eigenvalue weighted by Crippen LogP contribution is -2.42. The van der Waals surface area contributed by atoms with Gasteiger partial charge in [0.05, 0.1) is 6.61 Å². The highest BCUT2D eigenvalue weighted by molar-refractivity contribution is 5.75. The van der Waals surface area contributed by atoms with E-state index in [1.54, 1.807) is 7.11 Å². The van der Waals surface area contributed by atoms with Crippen molar-refractivity contribution >= 4 is 6.03 Å². The van der Waals surface area contributed by atoms with Gasteiger partial charge in [0.15, 0.2) is 0 Å². The van der Waals surface area contributed by atoms with Crippen molar-refractivity contribution in [3.63, 3.8) is 0 Å². The number of fused-ring (bicyclic) bond motifs is 1. The van der Waals surface area contributed by atoms with Gasteiger partial charge in [0.1, 0.15) is 0 Å². The molecule has 3 fully saturated rings. The Balaban J connectivity index is 1.68. The van der Waals surface area contributed by atoms with Gasteiger partial charge in [-0.25, -0.2) is 4.79 Å². The Hall–Kier alpha value is -0.770. The molecule has 4 heteroatoms. The van der Waals surface area contributed by atoms with Crippen LogP contribution in [0.25, 0.3) is 0 Å². The molecule has 1 saturated carbocycles. The third-order valence-electron chi connectivity index (χ3n) is 5.12. The van der Waals surface area contributed by atoms with Crippen molar-refractivity contribution in [1.29, 1.82) is 0 Å². The summed E-state index contributed by atoms with van der Waals surface area (Å²) in [5, 5.41) is 0. The van der Waals surface area contributed by atoms with E-state index >= 15 is 0 Å². The van der Waals surface area contributed by atoms with Crippen LogP contribution in [0.15, 0.2) is 0 Å². The van der Waals surface area contributed by atoms with Crippen LogP contribution in [-0.4, -0.2) is 55.7 Å². The van der Waals surface area contributed by atoms with Crippen molar-refractivity contribution in [1.82, 2.24) is 9.80 Å². The number of nitrogens with zero attached hydrogens (tertiary/aromatic N) is 2. The number of hydrogen-bond donors (Lipinski definition) is 0. The molecule has 2 amide bonds. The lowest BCUT2D eigenvalue weighted by molar-refractivity contribution is 0.0708. The average molecular weight is 252 g/mol. The number of ether oxygens (including phenoxy) is 1. The molecule has 2 saturated heterocycles. The lowest BCUT2D eigenvalue weighted by atomic mass is 9.82. The summed E-state index contributed by atoms with van der Waals surface area (Å²) < 4.78 is 5.43. The fraction of sp³-hybridized carbons (Fsp3) is 0.929. The minimum atomic E-state index is 0.268. The largest absolute Gasteiger partial charge is 0.384 e. The first-order chi connectivity index (χ1) is 8.75. The summed E-state index contributed by atoms with van der Waals surface area (Å²) in [5.41, 5.74) is 0.268. The van der Waals surface area contributed by atoms with E-state index in [1.807, 2.05) is 4.90 Å². The van der Waals surface area contributed by atoms with Crippen LogP contribution in [0.2, 0.25) is 0 Å². The summed E-state index contributed by atoms with van der Waals surface area (Å²) >= 11 is 0. The molecule has 0 aromatic heterocycles. The zero-order chi connectivity index (χ0) is 12.6. The lowest BCUT2D eigenvalue weighted by Gasteiger charge is -2.29. The summed E-state index contributed by atoms with van der Waals surface area (Å²) in [4.78, 5) is 16.6. The molecule has 2 heterocycles. The third kappa shape index (κ3) is 1.91. The van der Waals surface area contributed by atoms with E-state index in [9.17, 15) is 4.79 Å². The molecule has 18 heavy (non-hydrogen) atoms. The highest BCUT2D eigenvalue weighted by Crippen LogP contribution is 2.49. The highest BCUT2D eigenvalue weighted by atomic mass is 16.5. The molecule has 3 rings (SSSR count). The Labute approximate surface area is 109 Å². The molecule has 2 aliphatic heterocycles. The molecule has 0 bridgehead atoms. The molecule has 0 aromatic carbocycles. The number of rotatable bonds is 2. The van der Waals surface area contributed by atoms with Crippen molar-refractivity contribution in [3.8, 4) is 0 Å². The zero-order valence-electron chi connectivity index (χ0n) is 11.4. The van der Waals surface area contributed by atoms with Crippen molar-refractivity contribution in [3.05, 3.63) is 0 Å². The Kier molecular flexibility index (Phi) is 3.22. The normalized spacial score (nSPS) is 35.3. The fourth-order valence-electron chi connectivity index (χ4n) is 4.19. The summed E-state index contributed by atoms with van der Waals surface area (Å²) in [5.74, 6) is 0.670. The Bertz CT molecular complexity index is 328. The van der Waals surface area contributed by atoms with Gasteiger partial charge < -0.3 is 14.5 Å². The van der Waals surface area contributed by atoms with Crippen LogP contribution >= 0.6 is 0 Å². The van der Waals surface area contributed by atoms with Gasteiger partial charge in [-0.05, 0) is 31.6 Å². The molecule has 0 spiro atoms. The van der Waals surface area contributed by atoms with Gasteiger partial charge in [-0.1, -0.05) is 6.42 Å². The van der Waals surface area contributed by atoms with Crippen molar-refractivity contribution < 1.29 is 9.53 Å². The van der Waals surface area contributed by atoms with Crippen LogP contribution < -0.4 is 0 Å². The van der Waals surface area contributed by atoms with E-state index in [0.717, 1.165) is 32.8 Å². The Morgan fingerprint density at radius 1 is 1.28 bits per heavy atom. The van der Waals surface area contributed by atoms with Gasteiger partial charge >= 0.3 is 6.03 Å². The first-order valence-corrected chi connectivity index (χ1v) is 7.28. The molecular weight excluding hydrogens is 228 g/mol. The minimum Gasteiger partial charge on any atom is -0.384 e. The van der Waals surface area contributed by atoms with E-state index in [-0.39, 0.29) is 11.4 Å². The maximum Gasteiger partial charge on any atom is 0.320 e. The van der Waals surface area contributed by atoms with Gasteiger partial charge in [0.25, 0.3) is 0 Å². The number of methoxy groups -OCH3 is 1. The molecule has 3 aliphatic rings. The van der Waals surface area contributed by atoms with Gasteiger partial charge in [-0.15, -0.1) is 0 Å². The van der Waals surface area contributed by atoms with Crippen LogP contribution in [0.3, 0.4) is 0 Å². The highest BCUT2D eigenvalue weighted by Gasteiger charge is 2.51. The van der Waals surface area contributed by atoms with Gasteiger partial charge in [-0.3, -0.25) is 0 Å². The predicted molar refractivity (Wildman–Crippen MR) is 69.4 cm³/mol. The molecule has 1 aliphatic carbocycles. The van der Waals surface area contributed by atoms with Crippen LogP contribution in [0.1, 0.15) is 32.1 Å². The maximum atomic E-state index is 12.4. The van der Waals surface area contributed by atoms with E-state index in [2.05, 4.69) is 4.90 Å². The first kappa shape index (κ1) is 12.3. The molecular formula is C14H24N2O2. The van der Waals surface area contributed by atoms with Crippen LogP contribution in [-0.2, 0) is 4.74 Å². The summed E-state index contributed by atoms with van der Waals surface area (Å²) in [6.07, 6.45) is 6.15. The van der Waals surface area contributed by atoms with E-state index in [4.69, 9.17) is 4.74 Å². The van der Waals surface area contributed by atoms with Crippen molar-refractivity contribution in [2.75, 3.05) is 39.9 Å². The van der Waals surface area contributed by atoms with Gasteiger partial charge in [0, 0.05) is 38.7 Å². The zero-order valence-corrected chi connectivity index (χ0v) is 11.4. The standard InChI is InChI=1S/C14H24N2O2/c1-18-11-14-6-4-5-12(14)9-16(10-14)13(17)15-7-2-3-8-15/h12H,2-11H2,1H3/t12-,14+/m1/s1. The number of urea groups is 1. The topological polar surface area (TPSA) is 32.8 Å². The average Bonchev–Trinajstić information content (AvgIpc) is 3.02. The number of hydrogen-bond acceptors (Lipinski definition) is 2. The maximum absolute atomic E-state index is 12.4. The summed E-state index contributed by atoms with van der Waals surface area (Å²) in [6, 6.07) is 0.275. The minimum absolute atomic E-state index is 0.268. The smallest absolute Gasteiger partial charge is 0.320 e. The second-order valence-corrected chi connectivity index (χ2v) is 6.24. The van der Waals surface area contributed by atoms with Crippen LogP contribution in [0, 0.1) is 11.3 Å². The van der Waals surface area contributed by atoms with E-state index in [0.29, 0.717) is 5.92 Å². The summed E-state index contributed by atoms with van der Waals surface area (Å²) in [7, 11) is 1.79. The third-order valence-corrected chi connectivity index (χ3v) is 5.12. The Morgan fingerprint density at radius 3 is 2.78 bits per heavy atom. The van der Waals surface area contributed by atoms with Gasteiger partial charge in [-0.2, -0.15) is 0 Å². The van der Waals surface area contributed by atoms with Crippen LogP contribution in [0.5, 0.6) is 0 Å². The van der Waals surface area contributed by atoms with E-state index in [1.165, 1.54) is 32.1 Å². The van der Waals surface area contributed by atoms with E-state index < -0.39 is 0 Å². The second-order valence-electron chi connectivity index (χ2n) is 6.24. The predicted octanol–water partition coefficient (Wildman–Crippen LogP) is 1.95. The molecule has 0 aromatic rings. The first-order valence-electron chi connectivity index (χ1n) is 7.28.